The van der Waals surface area contributed by atoms with Crippen molar-refractivity contribution < 1.29 is 22.7 Å². The number of carbonyl (C=O) groups is 1. The average Bonchev–Trinajstić information content (AvgIpc) is 3.38. The number of hydrogen-bond acceptors (Lipinski definition) is 6. The first-order chi connectivity index (χ1) is 17.3. The molecule has 4 atom stereocenters. The van der Waals surface area contributed by atoms with Crippen molar-refractivity contribution in [2.45, 2.75) is 56.8 Å². The lowest BCUT2D eigenvalue weighted by Gasteiger charge is -2.40. The lowest BCUT2D eigenvalue weighted by atomic mass is 9.74. The van der Waals surface area contributed by atoms with Gasteiger partial charge in [-0.05, 0) is 61.3 Å². The molecular formula is C26H32F3N5O2. The summed E-state index contributed by atoms with van der Waals surface area (Å²) in [5.41, 5.74) is 1.56. The molecule has 3 aliphatic rings. The largest absolute Gasteiger partial charge is 0.417 e. The molecule has 1 saturated carbocycles. The fourth-order valence-corrected chi connectivity index (χ4v) is 6.26. The summed E-state index contributed by atoms with van der Waals surface area (Å²) in [6.07, 6.45) is 6.14. The monoisotopic (exact) mass is 503 g/mol. The molecule has 0 spiro atoms. The van der Waals surface area contributed by atoms with Gasteiger partial charge in [0.2, 0.25) is 5.91 Å². The van der Waals surface area contributed by atoms with E-state index in [2.05, 4.69) is 19.9 Å². The highest BCUT2D eigenvalue weighted by atomic mass is 19.4. The number of halogens is 3. The van der Waals surface area contributed by atoms with Crippen molar-refractivity contribution in [2.24, 2.45) is 11.8 Å². The Hall–Kier alpha value is -2.59. The Morgan fingerprint density at radius 3 is 2.69 bits per heavy atom. The maximum atomic E-state index is 13.3. The van der Waals surface area contributed by atoms with E-state index < -0.39 is 11.7 Å². The molecule has 4 unspecified atom stereocenters. The van der Waals surface area contributed by atoms with E-state index in [1.807, 2.05) is 12.4 Å². The number of hydrogen-bond donors (Lipinski definition) is 0. The Labute approximate surface area is 209 Å². The van der Waals surface area contributed by atoms with E-state index in [1.54, 1.807) is 18.3 Å². The van der Waals surface area contributed by atoms with Crippen molar-refractivity contribution in [3.63, 3.8) is 0 Å². The predicted molar refractivity (Wildman–Crippen MR) is 126 cm³/mol. The van der Waals surface area contributed by atoms with Crippen LogP contribution in [0.15, 0.2) is 31.0 Å². The van der Waals surface area contributed by atoms with Gasteiger partial charge in [0.1, 0.15) is 6.33 Å². The van der Waals surface area contributed by atoms with Crippen LogP contribution in [-0.2, 0) is 28.7 Å². The van der Waals surface area contributed by atoms with Crippen LogP contribution in [0.1, 0.15) is 54.0 Å². The third kappa shape index (κ3) is 5.25. The zero-order valence-electron chi connectivity index (χ0n) is 20.5. The summed E-state index contributed by atoms with van der Waals surface area (Å²) in [6.45, 7) is 2.94. The number of aromatic nitrogens is 3. The van der Waals surface area contributed by atoms with Crippen molar-refractivity contribution in [1.29, 1.82) is 0 Å². The van der Waals surface area contributed by atoms with E-state index in [0.717, 1.165) is 50.1 Å². The summed E-state index contributed by atoms with van der Waals surface area (Å²) in [7, 11) is 1.73. The van der Waals surface area contributed by atoms with Crippen LogP contribution in [0.5, 0.6) is 0 Å². The molecule has 0 bridgehead atoms. The van der Waals surface area contributed by atoms with Gasteiger partial charge in [-0.25, -0.2) is 9.97 Å². The van der Waals surface area contributed by atoms with Gasteiger partial charge in [-0.15, -0.1) is 0 Å². The molecule has 2 aromatic heterocycles. The first-order valence-electron chi connectivity index (χ1n) is 12.6. The first kappa shape index (κ1) is 25.1. The molecule has 0 aromatic carbocycles. The van der Waals surface area contributed by atoms with Gasteiger partial charge in [-0.2, -0.15) is 13.2 Å². The van der Waals surface area contributed by atoms with Crippen LogP contribution in [0.25, 0.3) is 0 Å². The Morgan fingerprint density at radius 2 is 1.94 bits per heavy atom. The summed E-state index contributed by atoms with van der Waals surface area (Å²) in [5.74, 6) is 0.657. The maximum Gasteiger partial charge on any atom is 0.417 e. The first-order valence-corrected chi connectivity index (χ1v) is 12.6. The number of ether oxygens (including phenoxy) is 1. The van der Waals surface area contributed by atoms with Crippen LogP contribution in [0, 0.1) is 11.8 Å². The number of alkyl halides is 3. The van der Waals surface area contributed by atoms with E-state index in [-0.39, 0.29) is 18.4 Å². The third-order valence-corrected chi connectivity index (χ3v) is 8.11. The summed E-state index contributed by atoms with van der Waals surface area (Å²) in [5, 5.41) is 0. The molecule has 194 valence electrons. The minimum Gasteiger partial charge on any atom is -0.384 e. The SMILES string of the molecule is COCC1CC(N2CCC(C(=O)N3CCc4ncc(C(F)(F)F)cc4C3)C2)CCC1c1cncnc1. The third-order valence-electron chi connectivity index (χ3n) is 8.11. The molecular weight excluding hydrogens is 471 g/mol. The van der Waals surface area contributed by atoms with Crippen molar-refractivity contribution in [3.8, 4) is 0 Å². The van der Waals surface area contributed by atoms with E-state index >= 15 is 0 Å². The zero-order valence-corrected chi connectivity index (χ0v) is 20.5. The number of fused-ring (bicyclic) bond motifs is 1. The van der Waals surface area contributed by atoms with Crippen LogP contribution in [-0.4, -0.2) is 70.1 Å². The summed E-state index contributed by atoms with van der Waals surface area (Å²) in [4.78, 5) is 29.9. The topological polar surface area (TPSA) is 71.5 Å². The fraction of sp³-hybridized carbons (Fsp3) is 0.615. The van der Waals surface area contributed by atoms with Crippen molar-refractivity contribution in [1.82, 2.24) is 24.8 Å². The molecule has 1 aliphatic carbocycles. The molecule has 4 heterocycles. The number of pyridine rings is 1. The smallest absolute Gasteiger partial charge is 0.384 e. The van der Waals surface area contributed by atoms with Crippen LogP contribution in [0.2, 0.25) is 0 Å². The van der Waals surface area contributed by atoms with E-state index in [0.29, 0.717) is 55.3 Å². The summed E-state index contributed by atoms with van der Waals surface area (Å²) >= 11 is 0. The number of amides is 1. The number of methoxy groups -OCH3 is 1. The fourth-order valence-electron chi connectivity index (χ4n) is 6.26. The normalized spacial score (nSPS) is 27.2. The van der Waals surface area contributed by atoms with E-state index in [9.17, 15) is 18.0 Å². The molecule has 5 rings (SSSR count). The van der Waals surface area contributed by atoms with Gasteiger partial charge in [-0.3, -0.25) is 14.7 Å². The number of nitrogens with zero attached hydrogens (tertiary/aromatic N) is 5. The van der Waals surface area contributed by atoms with E-state index in [1.165, 1.54) is 0 Å². The minimum absolute atomic E-state index is 0.0455. The molecule has 2 fully saturated rings. The molecule has 0 radical (unpaired) electrons. The minimum atomic E-state index is -4.44. The van der Waals surface area contributed by atoms with Gasteiger partial charge in [0.05, 0.1) is 11.5 Å². The van der Waals surface area contributed by atoms with Crippen molar-refractivity contribution in [2.75, 3.05) is 33.4 Å². The van der Waals surface area contributed by atoms with Gasteiger partial charge >= 0.3 is 6.18 Å². The summed E-state index contributed by atoms with van der Waals surface area (Å²) in [6, 6.07) is 1.54. The highest BCUT2D eigenvalue weighted by molar-refractivity contribution is 5.79. The van der Waals surface area contributed by atoms with Gasteiger partial charge in [0.15, 0.2) is 0 Å². The zero-order chi connectivity index (χ0) is 25.3. The molecule has 1 amide bonds. The summed E-state index contributed by atoms with van der Waals surface area (Å²) < 4.78 is 45.0. The van der Waals surface area contributed by atoms with Crippen LogP contribution >= 0.6 is 0 Å². The number of likely N-dealkylation sites (tertiary alicyclic amines) is 1. The highest BCUT2D eigenvalue weighted by Gasteiger charge is 2.40. The lowest BCUT2D eigenvalue weighted by Crippen LogP contribution is -2.43. The van der Waals surface area contributed by atoms with Gasteiger partial charge < -0.3 is 9.64 Å². The second-order valence-electron chi connectivity index (χ2n) is 10.3. The van der Waals surface area contributed by atoms with Gasteiger partial charge in [0.25, 0.3) is 0 Å². The second-order valence-corrected chi connectivity index (χ2v) is 10.3. The van der Waals surface area contributed by atoms with Crippen LogP contribution in [0.3, 0.4) is 0 Å². The van der Waals surface area contributed by atoms with Gasteiger partial charge in [0, 0.05) is 70.1 Å². The molecule has 10 heteroatoms. The lowest BCUT2D eigenvalue weighted by molar-refractivity contribution is -0.137. The van der Waals surface area contributed by atoms with Crippen molar-refractivity contribution in [3.05, 3.63) is 53.4 Å². The molecule has 7 nitrogen and oxygen atoms in total. The second kappa shape index (κ2) is 10.4. The molecule has 1 saturated heterocycles. The number of rotatable bonds is 5. The average molecular weight is 504 g/mol. The molecule has 36 heavy (non-hydrogen) atoms. The molecule has 0 N–H and O–H groups in total. The van der Waals surface area contributed by atoms with Gasteiger partial charge in [-0.1, -0.05) is 0 Å². The predicted octanol–water partition coefficient (Wildman–Crippen LogP) is 3.70. The maximum absolute atomic E-state index is 13.3. The Morgan fingerprint density at radius 1 is 1.14 bits per heavy atom. The quantitative estimate of drug-likeness (QED) is 0.620. The standard InChI is InChI=1S/C26H32F3N5O2/c1-36-15-19-9-22(2-3-23(19)20-10-30-16-31-11-20)33-6-4-17(13-33)25(35)34-7-5-24-18(14-34)8-21(12-32-24)26(27,28)29/h8,10-12,16-17,19,22-23H,2-7,9,13-15H2,1H3. The number of carbonyl (C=O) groups excluding carboxylic acids is 1. The molecule has 2 aliphatic heterocycles. The molecule has 2 aromatic rings. The van der Waals surface area contributed by atoms with Crippen LogP contribution in [0.4, 0.5) is 13.2 Å². The van der Waals surface area contributed by atoms with E-state index in [4.69, 9.17) is 4.74 Å². The van der Waals surface area contributed by atoms with Crippen LogP contribution < -0.4 is 0 Å². The highest BCUT2D eigenvalue weighted by Crippen LogP contribution is 2.40. The Kier molecular flexibility index (Phi) is 7.25. The Balaban J connectivity index is 1.20. The Bertz CT molecular complexity index is 1070. The van der Waals surface area contributed by atoms with Crippen molar-refractivity contribution >= 4 is 5.91 Å².